The monoisotopic (exact) mass is 655 g/mol. The summed E-state index contributed by atoms with van der Waals surface area (Å²) in [6.45, 7) is 3.63. The molecule has 8 rings (SSSR count). The molecule has 4 aliphatic heterocycles. The minimum Gasteiger partial charge on any atom is -0.489 e. The van der Waals surface area contributed by atoms with Gasteiger partial charge < -0.3 is 25.4 Å². The summed E-state index contributed by atoms with van der Waals surface area (Å²) in [5.74, 6) is -0.717. The lowest BCUT2D eigenvalue weighted by Crippen LogP contribution is -2.44. The lowest BCUT2D eigenvalue weighted by Gasteiger charge is -2.31. The number of thiophene rings is 1. The molecule has 3 saturated heterocycles. The molecule has 0 saturated carbocycles. The number of aromatic nitrogens is 2. The molecule has 0 spiro atoms. The number of nitrogens with zero attached hydrogens (tertiary/aromatic N) is 5. The largest absolute Gasteiger partial charge is 0.489 e. The number of fused-ring (bicyclic) bond motifs is 4. The SMILES string of the molecule is N#Cc1c(N)sc2c(F)ccc(-c3c(Cl)c4c5c(nc(OC[C@@]67CCCN6C[C@H](F)C7)nc5c3F)N3CCCNCC3CO4)c12. The van der Waals surface area contributed by atoms with E-state index in [2.05, 4.69) is 20.1 Å². The van der Waals surface area contributed by atoms with Gasteiger partial charge in [0.1, 0.15) is 47.6 Å². The van der Waals surface area contributed by atoms with Gasteiger partial charge in [-0.1, -0.05) is 17.7 Å². The first-order valence-electron chi connectivity index (χ1n) is 15.1. The minimum atomic E-state index is -0.930. The van der Waals surface area contributed by atoms with Crippen LogP contribution in [0.5, 0.6) is 11.8 Å². The normalized spacial score (nSPS) is 24.6. The van der Waals surface area contributed by atoms with E-state index in [0.29, 0.717) is 37.3 Å². The van der Waals surface area contributed by atoms with Crippen molar-refractivity contribution in [1.82, 2.24) is 20.2 Å². The van der Waals surface area contributed by atoms with E-state index < -0.39 is 23.3 Å². The number of ether oxygens (including phenoxy) is 2. The predicted molar refractivity (Wildman–Crippen MR) is 167 cm³/mol. The molecule has 0 radical (unpaired) electrons. The van der Waals surface area contributed by atoms with Crippen molar-refractivity contribution in [2.75, 3.05) is 56.6 Å². The van der Waals surface area contributed by atoms with E-state index >= 15 is 4.39 Å². The van der Waals surface area contributed by atoms with Crippen molar-refractivity contribution < 1.29 is 22.6 Å². The van der Waals surface area contributed by atoms with Gasteiger partial charge in [0.2, 0.25) is 0 Å². The lowest BCUT2D eigenvalue weighted by atomic mass is 9.95. The number of hydrogen-bond donors (Lipinski definition) is 2. The summed E-state index contributed by atoms with van der Waals surface area (Å²) in [7, 11) is 0. The van der Waals surface area contributed by atoms with Crippen LogP contribution in [-0.2, 0) is 0 Å². The van der Waals surface area contributed by atoms with Gasteiger partial charge in [0.05, 0.1) is 32.3 Å². The molecule has 4 aromatic rings. The fourth-order valence-electron chi connectivity index (χ4n) is 7.58. The third kappa shape index (κ3) is 4.40. The summed E-state index contributed by atoms with van der Waals surface area (Å²) in [4.78, 5) is 13.6. The maximum absolute atomic E-state index is 17.1. The van der Waals surface area contributed by atoms with Crippen LogP contribution in [-0.4, -0.2) is 78.6 Å². The Morgan fingerprint density at radius 3 is 2.96 bits per heavy atom. The first-order valence-corrected chi connectivity index (χ1v) is 16.2. The van der Waals surface area contributed by atoms with Crippen molar-refractivity contribution in [2.45, 2.75) is 43.4 Å². The molecule has 1 unspecified atom stereocenters. The first-order chi connectivity index (χ1) is 21.8. The van der Waals surface area contributed by atoms with Gasteiger partial charge in [-0.05, 0) is 44.0 Å². The summed E-state index contributed by atoms with van der Waals surface area (Å²) < 4.78 is 59.2. The summed E-state index contributed by atoms with van der Waals surface area (Å²) in [5.41, 5.74) is 5.72. The van der Waals surface area contributed by atoms with Crippen LogP contribution < -0.4 is 25.4 Å². The van der Waals surface area contributed by atoms with Gasteiger partial charge in [-0.2, -0.15) is 15.2 Å². The summed E-state index contributed by atoms with van der Waals surface area (Å²) in [6.07, 6.45) is 2.00. The lowest BCUT2D eigenvalue weighted by molar-refractivity contribution is 0.107. The summed E-state index contributed by atoms with van der Waals surface area (Å²) in [5, 5.41) is 13.9. The van der Waals surface area contributed by atoms with E-state index in [1.54, 1.807) is 0 Å². The highest BCUT2D eigenvalue weighted by Crippen LogP contribution is 2.51. The fourth-order valence-corrected chi connectivity index (χ4v) is 8.86. The van der Waals surface area contributed by atoms with Crippen LogP contribution in [0, 0.1) is 23.0 Å². The molecule has 2 aromatic heterocycles. The van der Waals surface area contributed by atoms with Crippen molar-refractivity contribution in [1.29, 1.82) is 5.26 Å². The van der Waals surface area contributed by atoms with Gasteiger partial charge in [0.25, 0.3) is 0 Å². The van der Waals surface area contributed by atoms with E-state index in [0.717, 1.165) is 43.7 Å². The Hall–Kier alpha value is -3.57. The number of rotatable bonds is 4. The van der Waals surface area contributed by atoms with E-state index in [1.165, 1.54) is 12.1 Å². The third-order valence-electron chi connectivity index (χ3n) is 9.64. The van der Waals surface area contributed by atoms with Gasteiger partial charge in [0.15, 0.2) is 11.6 Å². The van der Waals surface area contributed by atoms with Crippen LogP contribution in [0.1, 0.15) is 31.2 Å². The molecule has 9 nitrogen and oxygen atoms in total. The highest BCUT2D eigenvalue weighted by atomic mass is 35.5. The van der Waals surface area contributed by atoms with E-state index in [1.807, 2.05) is 6.07 Å². The van der Waals surface area contributed by atoms with E-state index in [-0.39, 0.29) is 73.3 Å². The Bertz CT molecular complexity index is 1920. The highest BCUT2D eigenvalue weighted by Gasteiger charge is 2.49. The van der Waals surface area contributed by atoms with Crippen molar-refractivity contribution in [2.24, 2.45) is 0 Å². The Morgan fingerprint density at radius 1 is 1.24 bits per heavy atom. The topological polar surface area (TPSA) is 113 Å². The molecule has 0 bridgehead atoms. The number of anilines is 2. The second-order valence-electron chi connectivity index (χ2n) is 12.2. The zero-order valence-corrected chi connectivity index (χ0v) is 25.7. The Kier molecular flexibility index (Phi) is 6.90. The third-order valence-corrected chi connectivity index (χ3v) is 11.0. The summed E-state index contributed by atoms with van der Waals surface area (Å²) >= 11 is 7.93. The average Bonchev–Trinajstić information content (AvgIpc) is 3.55. The Labute approximate surface area is 265 Å². The number of hydrogen-bond acceptors (Lipinski definition) is 10. The van der Waals surface area contributed by atoms with Gasteiger partial charge in [-0.25, -0.2) is 13.2 Å². The Morgan fingerprint density at radius 2 is 2.11 bits per heavy atom. The molecule has 0 amide bonds. The predicted octanol–water partition coefficient (Wildman–Crippen LogP) is 5.41. The number of halogens is 4. The quantitative estimate of drug-likeness (QED) is 0.298. The van der Waals surface area contributed by atoms with Gasteiger partial charge in [0, 0.05) is 37.0 Å². The van der Waals surface area contributed by atoms with Crippen LogP contribution in [0.3, 0.4) is 0 Å². The van der Waals surface area contributed by atoms with Gasteiger partial charge in [-0.3, -0.25) is 4.90 Å². The molecule has 3 fully saturated rings. The average molecular weight is 656 g/mol. The van der Waals surface area contributed by atoms with Crippen LogP contribution >= 0.6 is 22.9 Å². The van der Waals surface area contributed by atoms with Crippen molar-refractivity contribution in [3.8, 4) is 29.0 Å². The fraction of sp³-hybridized carbons (Fsp3) is 0.452. The van der Waals surface area contributed by atoms with Gasteiger partial charge in [-0.15, -0.1) is 11.3 Å². The summed E-state index contributed by atoms with van der Waals surface area (Å²) in [6, 6.07) is 4.46. The van der Waals surface area contributed by atoms with Crippen molar-refractivity contribution in [3.63, 3.8) is 0 Å². The molecule has 14 heteroatoms. The second kappa shape index (κ2) is 10.8. The minimum absolute atomic E-state index is 0.0289. The smallest absolute Gasteiger partial charge is 0.319 e. The Balaban J connectivity index is 1.35. The van der Waals surface area contributed by atoms with Crippen LogP contribution in [0.15, 0.2) is 12.1 Å². The molecule has 3 N–H and O–H groups in total. The number of benzene rings is 2. The molecular weight excluding hydrogens is 627 g/mol. The number of nitrogens with two attached hydrogens (primary N) is 1. The molecular formula is C31H29ClF3N7O2S. The van der Waals surface area contributed by atoms with Crippen LogP contribution in [0.4, 0.5) is 24.0 Å². The zero-order valence-electron chi connectivity index (χ0n) is 24.1. The first kappa shape index (κ1) is 28.9. The van der Waals surface area contributed by atoms with Gasteiger partial charge >= 0.3 is 6.01 Å². The zero-order chi connectivity index (χ0) is 31.0. The maximum atomic E-state index is 17.1. The van der Waals surface area contributed by atoms with Crippen LogP contribution in [0.2, 0.25) is 5.02 Å². The number of nitrogens with one attached hydrogen (secondary N) is 1. The second-order valence-corrected chi connectivity index (χ2v) is 13.6. The molecule has 3 atom stereocenters. The molecule has 45 heavy (non-hydrogen) atoms. The molecule has 0 aliphatic carbocycles. The van der Waals surface area contributed by atoms with Crippen molar-refractivity contribution >= 4 is 54.7 Å². The molecule has 6 heterocycles. The van der Waals surface area contributed by atoms with E-state index in [4.69, 9.17) is 31.8 Å². The highest BCUT2D eigenvalue weighted by molar-refractivity contribution is 7.23. The standard InChI is InChI=1S/C31H29ClF3N7O2S/c32-23-21(17-3-4-19(34)27-20(17)18(10-36)28(37)45-27)24(35)25-22-26(23)43-13-16-11-38-6-2-8-42(16)29(22)40-30(39-25)44-14-31-5-1-7-41(31)12-15(33)9-31/h3-4,15-16,38H,1-2,5-9,11-14,37H2/t15-,16?,31+/m1/s1. The number of alkyl halides is 1. The number of nitriles is 1. The maximum Gasteiger partial charge on any atom is 0.319 e. The van der Waals surface area contributed by atoms with Crippen LogP contribution in [0.25, 0.3) is 32.1 Å². The molecule has 234 valence electrons. The molecule has 4 aliphatic rings. The van der Waals surface area contributed by atoms with Crippen molar-refractivity contribution in [3.05, 3.63) is 34.4 Å². The number of nitrogen functional groups attached to an aromatic ring is 1. The van der Waals surface area contributed by atoms with E-state index in [9.17, 15) is 14.0 Å². The molecule has 2 aromatic carbocycles.